The molecule has 0 aromatic heterocycles. The van der Waals surface area contributed by atoms with Crippen molar-refractivity contribution < 1.29 is 19.5 Å². The summed E-state index contributed by atoms with van der Waals surface area (Å²) in [5.74, 6) is -1.50. The molecule has 0 aliphatic carbocycles. The summed E-state index contributed by atoms with van der Waals surface area (Å²) in [6.07, 6.45) is 0.0357. The van der Waals surface area contributed by atoms with E-state index in [-0.39, 0.29) is 24.7 Å². The van der Waals surface area contributed by atoms with E-state index < -0.39 is 5.97 Å². The zero-order valence-electron chi connectivity index (χ0n) is 10.5. The van der Waals surface area contributed by atoms with Crippen LogP contribution in [0.2, 0.25) is 0 Å². The summed E-state index contributed by atoms with van der Waals surface area (Å²) < 4.78 is 0. The molecule has 1 aromatic rings. The third kappa shape index (κ3) is 4.18. The van der Waals surface area contributed by atoms with Crippen molar-refractivity contribution in [1.29, 1.82) is 0 Å². The Kier molecular flexibility index (Phi) is 5.32. The third-order valence-corrected chi connectivity index (χ3v) is 2.74. The summed E-state index contributed by atoms with van der Waals surface area (Å²) in [7, 11) is 2.90. The Morgan fingerprint density at radius 3 is 2.39 bits per heavy atom. The van der Waals surface area contributed by atoms with Crippen LogP contribution in [0.25, 0.3) is 0 Å². The van der Waals surface area contributed by atoms with Gasteiger partial charge in [0.05, 0.1) is 13.5 Å². The van der Waals surface area contributed by atoms with Gasteiger partial charge in [-0.3, -0.25) is 14.4 Å². The van der Waals surface area contributed by atoms with Gasteiger partial charge in [0.25, 0.3) is 0 Å². The van der Waals surface area contributed by atoms with E-state index in [4.69, 9.17) is 9.94 Å². The lowest BCUT2D eigenvalue weighted by atomic mass is 9.92. The average Bonchev–Trinajstić information content (AvgIpc) is 2.37. The van der Waals surface area contributed by atoms with Crippen molar-refractivity contribution in [3.63, 3.8) is 0 Å². The van der Waals surface area contributed by atoms with E-state index in [9.17, 15) is 9.59 Å². The molecule has 1 aromatic carbocycles. The highest BCUT2D eigenvalue weighted by atomic mass is 16.7. The average molecular weight is 251 g/mol. The first kappa shape index (κ1) is 14.2. The number of rotatable bonds is 6. The van der Waals surface area contributed by atoms with Gasteiger partial charge in [-0.2, -0.15) is 0 Å². The summed E-state index contributed by atoms with van der Waals surface area (Å²) >= 11 is 0. The summed E-state index contributed by atoms with van der Waals surface area (Å²) in [6, 6.07) is 9.16. The molecule has 0 saturated heterocycles. The topological polar surface area (TPSA) is 66.8 Å². The molecule has 5 heteroatoms. The van der Waals surface area contributed by atoms with Crippen molar-refractivity contribution in [2.75, 3.05) is 14.2 Å². The molecule has 0 aliphatic rings. The van der Waals surface area contributed by atoms with Gasteiger partial charge in [-0.1, -0.05) is 30.3 Å². The predicted octanol–water partition coefficient (Wildman–Crippen LogP) is 1.65. The van der Waals surface area contributed by atoms with Crippen molar-refractivity contribution >= 4 is 11.9 Å². The number of amides is 1. The van der Waals surface area contributed by atoms with Gasteiger partial charge in [0, 0.05) is 19.4 Å². The molecule has 0 radical (unpaired) electrons. The minimum atomic E-state index is -0.920. The molecule has 0 aliphatic heterocycles. The normalized spacial score (nSPS) is 11.9. The SMILES string of the molecule is CON(C)C(=O)CC(CC(=O)O)c1ccccc1. The number of carbonyl (C=O) groups is 2. The molecule has 1 rings (SSSR count). The predicted molar refractivity (Wildman–Crippen MR) is 65.8 cm³/mol. The fraction of sp³-hybridized carbons (Fsp3) is 0.385. The Morgan fingerprint density at radius 2 is 1.89 bits per heavy atom. The standard InChI is InChI=1S/C13H17NO4/c1-14(18-2)12(15)8-11(9-13(16)17)10-6-4-3-5-7-10/h3-7,11H,8-9H2,1-2H3,(H,16,17). The molecular formula is C13H17NO4. The first-order valence-corrected chi connectivity index (χ1v) is 5.62. The molecule has 0 fully saturated rings. The number of carboxylic acid groups (broad SMARTS) is 1. The zero-order chi connectivity index (χ0) is 13.5. The molecule has 0 spiro atoms. The number of aliphatic carboxylic acids is 1. The molecule has 18 heavy (non-hydrogen) atoms. The maximum atomic E-state index is 11.7. The maximum absolute atomic E-state index is 11.7. The Balaban J connectivity index is 2.80. The van der Waals surface area contributed by atoms with Crippen LogP contribution in [0.4, 0.5) is 0 Å². The van der Waals surface area contributed by atoms with E-state index in [2.05, 4.69) is 0 Å². The van der Waals surface area contributed by atoms with Gasteiger partial charge in [0.1, 0.15) is 0 Å². The highest BCUT2D eigenvalue weighted by Gasteiger charge is 2.21. The van der Waals surface area contributed by atoms with Crippen LogP contribution < -0.4 is 0 Å². The van der Waals surface area contributed by atoms with Gasteiger partial charge in [-0.05, 0) is 5.56 Å². The van der Waals surface area contributed by atoms with Crippen molar-refractivity contribution in [2.45, 2.75) is 18.8 Å². The maximum Gasteiger partial charge on any atom is 0.303 e. The number of carboxylic acids is 1. The highest BCUT2D eigenvalue weighted by Crippen LogP contribution is 2.24. The van der Waals surface area contributed by atoms with Crippen LogP contribution in [0.1, 0.15) is 24.3 Å². The van der Waals surface area contributed by atoms with E-state index >= 15 is 0 Å². The quantitative estimate of drug-likeness (QED) is 0.781. The highest BCUT2D eigenvalue weighted by molar-refractivity contribution is 5.77. The monoisotopic (exact) mass is 251 g/mol. The molecule has 1 N–H and O–H groups in total. The van der Waals surface area contributed by atoms with Crippen LogP contribution in [-0.2, 0) is 14.4 Å². The van der Waals surface area contributed by atoms with Crippen LogP contribution in [0.5, 0.6) is 0 Å². The smallest absolute Gasteiger partial charge is 0.303 e. The number of nitrogens with zero attached hydrogens (tertiary/aromatic N) is 1. The second-order valence-corrected chi connectivity index (χ2v) is 3.98. The van der Waals surface area contributed by atoms with Crippen molar-refractivity contribution in [3.05, 3.63) is 35.9 Å². The lowest BCUT2D eigenvalue weighted by Crippen LogP contribution is -2.27. The summed E-state index contributed by atoms with van der Waals surface area (Å²) in [6.45, 7) is 0. The molecule has 1 unspecified atom stereocenters. The second-order valence-electron chi connectivity index (χ2n) is 3.98. The van der Waals surface area contributed by atoms with Crippen molar-refractivity contribution in [1.82, 2.24) is 5.06 Å². The molecule has 0 saturated carbocycles. The first-order valence-electron chi connectivity index (χ1n) is 5.62. The van der Waals surface area contributed by atoms with Gasteiger partial charge in [0.15, 0.2) is 0 Å². The minimum Gasteiger partial charge on any atom is -0.481 e. The molecule has 98 valence electrons. The molecule has 0 heterocycles. The molecule has 1 amide bonds. The third-order valence-electron chi connectivity index (χ3n) is 2.74. The van der Waals surface area contributed by atoms with Gasteiger partial charge in [-0.15, -0.1) is 0 Å². The first-order chi connectivity index (χ1) is 8.54. The number of hydrogen-bond donors (Lipinski definition) is 1. The Labute approximate surface area is 106 Å². The zero-order valence-corrected chi connectivity index (χ0v) is 10.5. The van der Waals surface area contributed by atoms with Crippen LogP contribution in [-0.4, -0.2) is 36.2 Å². The molecular weight excluding hydrogens is 234 g/mol. The minimum absolute atomic E-state index is 0.0761. The van der Waals surface area contributed by atoms with Crippen LogP contribution in [0.3, 0.4) is 0 Å². The van der Waals surface area contributed by atoms with Gasteiger partial charge >= 0.3 is 5.97 Å². The Bertz CT molecular complexity index is 405. The van der Waals surface area contributed by atoms with Crippen molar-refractivity contribution in [3.8, 4) is 0 Å². The lowest BCUT2D eigenvalue weighted by molar-refractivity contribution is -0.169. The van der Waals surface area contributed by atoms with Crippen LogP contribution in [0, 0.1) is 0 Å². The number of carbonyl (C=O) groups excluding carboxylic acids is 1. The number of hydroxylamine groups is 2. The van der Waals surface area contributed by atoms with E-state index in [0.717, 1.165) is 10.6 Å². The Hall–Kier alpha value is -1.88. The summed E-state index contributed by atoms with van der Waals surface area (Å²) in [5.41, 5.74) is 0.845. The van der Waals surface area contributed by atoms with Gasteiger partial charge in [0.2, 0.25) is 5.91 Å². The van der Waals surface area contributed by atoms with Gasteiger partial charge < -0.3 is 5.11 Å². The molecule has 5 nitrogen and oxygen atoms in total. The van der Waals surface area contributed by atoms with Crippen molar-refractivity contribution in [2.24, 2.45) is 0 Å². The van der Waals surface area contributed by atoms with E-state index in [1.165, 1.54) is 14.2 Å². The number of hydrogen-bond acceptors (Lipinski definition) is 3. The summed E-state index contributed by atoms with van der Waals surface area (Å²) in [4.78, 5) is 27.4. The number of benzene rings is 1. The van der Waals surface area contributed by atoms with Crippen LogP contribution >= 0.6 is 0 Å². The van der Waals surface area contributed by atoms with E-state index in [1.54, 1.807) is 0 Å². The van der Waals surface area contributed by atoms with E-state index in [1.807, 2.05) is 30.3 Å². The van der Waals surface area contributed by atoms with Gasteiger partial charge in [-0.25, -0.2) is 5.06 Å². The largest absolute Gasteiger partial charge is 0.481 e. The molecule has 0 bridgehead atoms. The van der Waals surface area contributed by atoms with E-state index in [0.29, 0.717) is 0 Å². The molecule has 1 atom stereocenters. The Morgan fingerprint density at radius 1 is 1.28 bits per heavy atom. The van der Waals surface area contributed by atoms with Crippen LogP contribution in [0.15, 0.2) is 30.3 Å². The second kappa shape index (κ2) is 6.76. The fourth-order valence-electron chi connectivity index (χ4n) is 1.69. The fourth-order valence-corrected chi connectivity index (χ4v) is 1.69. The lowest BCUT2D eigenvalue weighted by Gasteiger charge is -2.19. The summed E-state index contributed by atoms with van der Waals surface area (Å²) in [5, 5.41) is 10.0.